The monoisotopic (exact) mass is 282 g/mol. The Hall–Kier alpha value is -0.120. The Morgan fingerprint density at radius 3 is 2.65 bits per heavy atom. The van der Waals surface area contributed by atoms with Crippen molar-refractivity contribution in [2.45, 2.75) is 57.9 Å². The molecule has 118 valence electrons. The maximum absolute atomic E-state index is 5.61. The molecule has 2 rings (SSSR count). The van der Waals surface area contributed by atoms with E-state index in [-0.39, 0.29) is 0 Å². The van der Waals surface area contributed by atoms with E-state index in [1.165, 1.54) is 58.0 Å². The van der Waals surface area contributed by atoms with Gasteiger partial charge < -0.3 is 15.0 Å². The second-order valence-corrected chi connectivity index (χ2v) is 6.87. The Labute approximate surface area is 125 Å². The number of rotatable bonds is 6. The van der Waals surface area contributed by atoms with Crippen molar-refractivity contribution in [3.8, 4) is 0 Å². The topological polar surface area (TPSA) is 24.5 Å². The maximum Gasteiger partial charge on any atom is 0.0506 e. The van der Waals surface area contributed by atoms with Crippen LogP contribution < -0.4 is 5.32 Å². The van der Waals surface area contributed by atoms with Crippen LogP contribution in [0.3, 0.4) is 0 Å². The summed E-state index contributed by atoms with van der Waals surface area (Å²) in [5.41, 5.74) is 0. The van der Waals surface area contributed by atoms with Gasteiger partial charge in [0.1, 0.15) is 0 Å². The van der Waals surface area contributed by atoms with Crippen LogP contribution in [0.25, 0.3) is 0 Å². The molecule has 1 aliphatic carbocycles. The molecule has 3 nitrogen and oxygen atoms in total. The smallest absolute Gasteiger partial charge is 0.0506 e. The third kappa shape index (κ3) is 5.34. The van der Waals surface area contributed by atoms with Gasteiger partial charge in [0.2, 0.25) is 0 Å². The number of hydrogen-bond acceptors (Lipinski definition) is 3. The highest BCUT2D eigenvalue weighted by Gasteiger charge is 2.25. The van der Waals surface area contributed by atoms with E-state index in [1.807, 2.05) is 0 Å². The lowest BCUT2D eigenvalue weighted by Crippen LogP contribution is -2.42. The van der Waals surface area contributed by atoms with Gasteiger partial charge in [-0.15, -0.1) is 0 Å². The zero-order valence-corrected chi connectivity index (χ0v) is 13.6. The van der Waals surface area contributed by atoms with Crippen molar-refractivity contribution < 1.29 is 4.74 Å². The van der Waals surface area contributed by atoms with Crippen LogP contribution in [-0.4, -0.2) is 50.8 Å². The van der Waals surface area contributed by atoms with E-state index in [0.29, 0.717) is 0 Å². The summed E-state index contributed by atoms with van der Waals surface area (Å²) < 4.78 is 5.61. The van der Waals surface area contributed by atoms with Gasteiger partial charge in [-0.05, 0) is 51.1 Å². The van der Waals surface area contributed by atoms with Crippen LogP contribution in [-0.2, 0) is 4.74 Å². The van der Waals surface area contributed by atoms with E-state index in [4.69, 9.17) is 4.74 Å². The first-order chi connectivity index (χ1) is 9.79. The molecule has 3 atom stereocenters. The second kappa shape index (κ2) is 9.01. The van der Waals surface area contributed by atoms with E-state index in [1.54, 1.807) is 0 Å². The molecule has 0 radical (unpaired) electrons. The molecule has 1 N–H and O–H groups in total. The summed E-state index contributed by atoms with van der Waals surface area (Å²) in [4.78, 5) is 2.57. The molecule has 0 aromatic carbocycles. The van der Waals surface area contributed by atoms with Gasteiger partial charge in [0, 0.05) is 25.7 Å². The van der Waals surface area contributed by atoms with Gasteiger partial charge >= 0.3 is 0 Å². The van der Waals surface area contributed by atoms with Crippen molar-refractivity contribution in [3.63, 3.8) is 0 Å². The largest absolute Gasteiger partial charge is 0.381 e. The molecule has 1 saturated heterocycles. The van der Waals surface area contributed by atoms with E-state index >= 15 is 0 Å². The molecule has 2 fully saturated rings. The zero-order valence-electron chi connectivity index (χ0n) is 13.6. The first kappa shape index (κ1) is 16.3. The number of ether oxygens (including phenoxy) is 1. The first-order valence-corrected chi connectivity index (χ1v) is 8.79. The summed E-state index contributed by atoms with van der Waals surface area (Å²) in [5.74, 6) is 1.60. The summed E-state index contributed by atoms with van der Waals surface area (Å²) in [5, 5.41) is 3.73. The molecule has 1 saturated carbocycles. The number of nitrogens with one attached hydrogen (secondary N) is 1. The van der Waals surface area contributed by atoms with Gasteiger partial charge in [0.05, 0.1) is 6.61 Å². The van der Waals surface area contributed by atoms with E-state index in [9.17, 15) is 0 Å². The number of hydrogen-bond donors (Lipinski definition) is 1. The van der Waals surface area contributed by atoms with Crippen molar-refractivity contribution in [3.05, 3.63) is 0 Å². The van der Waals surface area contributed by atoms with Crippen LogP contribution in [0, 0.1) is 11.8 Å². The summed E-state index contributed by atoms with van der Waals surface area (Å²) in [7, 11) is 2.31. The standard InChI is InChI=1S/C17H34N2O/c1-3-18-17-10-6-4-5-9-16(17)13-19(2)12-15-8-7-11-20-14-15/h15-18H,3-14H2,1-2H3. The molecule has 2 aliphatic rings. The molecular formula is C17H34N2O. The van der Waals surface area contributed by atoms with Gasteiger partial charge in [-0.1, -0.05) is 26.2 Å². The van der Waals surface area contributed by atoms with E-state index in [2.05, 4.69) is 24.2 Å². The first-order valence-electron chi connectivity index (χ1n) is 8.79. The van der Waals surface area contributed by atoms with Gasteiger partial charge in [0.25, 0.3) is 0 Å². The second-order valence-electron chi connectivity index (χ2n) is 6.87. The van der Waals surface area contributed by atoms with E-state index in [0.717, 1.165) is 37.6 Å². The minimum atomic E-state index is 0.743. The molecule has 0 spiro atoms. The fraction of sp³-hybridized carbons (Fsp3) is 1.00. The Kier molecular flexibility index (Phi) is 7.32. The molecule has 0 amide bonds. The molecule has 0 bridgehead atoms. The van der Waals surface area contributed by atoms with Crippen molar-refractivity contribution >= 4 is 0 Å². The quantitative estimate of drug-likeness (QED) is 0.758. The van der Waals surface area contributed by atoms with Crippen LogP contribution in [0.5, 0.6) is 0 Å². The third-order valence-corrected chi connectivity index (χ3v) is 5.00. The van der Waals surface area contributed by atoms with Crippen LogP contribution in [0.4, 0.5) is 0 Å². The maximum atomic E-state index is 5.61. The summed E-state index contributed by atoms with van der Waals surface area (Å²) in [6.07, 6.45) is 9.65. The minimum Gasteiger partial charge on any atom is -0.381 e. The lowest BCUT2D eigenvalue weighted by Gasteiger charge is -2.32. The van der Waals surface area contributed by atoms with Crippen molar-refractivity contribution in [1.29, 1.82) is 0 Å². The van der Waals surface area contributed by atoms with Gasteiger partial charge in [-0.3, -0.25) is 0 Å². The van der Waals surface area contributed by atoms with Crippen LogP contribution in [0.1, 0.15) is 51.9 Å². The predicted octanol–water partition coefficient (Wildman–Crippen LogP) is 2.90. The molecular weight excluding hydrogens is 248 g/mol. The van der Waals surface area contributed by atoms with Crippen molar-refractivity contribution in [1.82, 2.24) is 10.2 Å². The molecule has 3 heteroatoms. The van der Waals surface area contributed by atoms with E-state index < -0.39 is 0 Å². The highest BCUT2D eigenvalue weighted by Crippen LogP contribution is 2.25. The van der Waals surface area contributed by atoms with Crippen LogP contribution in [0.15, 0.2) is 0 Å². The lowest BCUT2D eigenvalue weighted by molar-refractivity contribution is 0.0391. The molecule has 3 unspecified atom stereocenters. The molecule has 20 heavy (non-hydrogen) atoms. The Bertz CT molecular complexity index is 253. The molecule has 0 aromatic heterocycles. The van der Waals surface area contributed by atoms with Gasteiger partial charge in [-0.25, -0.2) is 0 Å². The van der Waals surface area contributed by atoms with Gasteiger partial charge in [-0.2, -0.15) is 0 Å². The Balaban J connectivity index is 1.78. The SMILES string of the molecule is CCNC1CCCCCC1CN(C)CC1CCCOC1. The highest BCUT2D eigenvalue weighted by atomic mass is 16.5. The van der Waals surface area contributed by atoms with Crippen LogP contribution >= 0.6 is 0 Å². The van der Waals surface area contributed by atoms with Crippen molar-refractivity contribution in [2.75, 3.05) is 39.9 Å². The average Bonchev–Trinajstić information content (AvgIpc) is 2.66. The molecule has 1 aliphatic heterocycles. The van der Waals surface area contributed by atoms with Crippen molar-refractivity contribution in [2.24, 2.45) is 11.8 Å². The minimum absolute atomic E-state index is 0.743. The normalized spacial score (nSPS) is 32.2. The molecule has 0 aromatic rings. The Morgan fingerprint density at radius 1 is 1.05 bits per heavy atom. The van der Waals surface area contributed by atoms with Crippen LogP contribution in [0.2, 0.25) is 0 Å². The Morgan fingerprint density at radius 2 is 1.90 bits per heavy atom. The predicted molar refractivity (Wildman–Crippen MR) is 85.1 cm³/mol. The summed E-state index contributed by atoms with van der Waals surface area (Å²) in [6.45, 7) is 7.78. The van der Waals surface area contributed by atoms with Gasteiger partial charge in [0.15, 0.2) is 0 Å². The fourth-order valence-electron chi connectivity index (χ4n) is 4.00. The lowest BCUT2D eigenvalue weighted by atomic mass is 9.93. The fourth-order valence-corrected chi connectivity index (χ4v) is 4.00. The zero-order chi connectivity index (χ0) is 14.2. The third-order valence-electron chi connectivity index (χ3n) is 5.00. The average molecular weight is 282 g/mol. The summed E-state index contributed by atoms with van der Waals surface area (Å²) >= 11 is 0. The number of nitrogens with zero attached hydrogens (tertiary/aromatic N) is 1. The summed E-state index contributed by atoms with van der Waals surface area (Å²) in [6, 6.07) is 0.743. The molecule has 1 heterocycles. The highest BCUT2D eigenvalue weighted by molar-refractivity contribution is 4.81.